The molecular weight excluding hydrogens is 377 g/mol. The van der Waals surface area contributed by atoms with Crippen molar-refractivity contribution in [2.45, 2.75) is 38.0 Å². The summed E-state index contributed by atoms with van der Waals surface area (Å²) in [4.78, 5) is 28.3. The first-order chi connectivity index (χ1) is 13.1. The fraction of sp³-hybridized carbons (Fsp3) is 0.286. The van der Waals surface area contributed by atoms with Gasteiger partial charge in [0, 0.05) is 5.56 Å². The van der Waals surface area contributed by atoms with Gasteiger partial charge in [-0.3, -0.25) is 14.6 Å². The van der Waals surface area contributed by atoms with E-state index < -0.39 is 10.7 Å². The standard InChI is InChI=1S/C21H24FN3O2S/c1-5-16(9-6-13(2)22)14(3)24-20-25-19(27)21(4,28-20)12-15-7-10-17(11-8-15)18(23)26/h5-11,14H,1,12H2,2-4H3,(H2,23,26)(H,24,25,27)/b13-6+,16-9+/t14-,21?/m0/s1. The van der Waals surface area contributed by atoms with Crippen molar-refractivity contribution in [3.05, 3.63) is 71.6 Å². The number of carbonyl (C=O) groups excluding carboxylic acids is 2. The Bertz CT molecular complexity index is 870. The van der Waals surface area contributed by atoms with Crippen LogP contribution in [0.4, 0.5) is 4.39 Å². The van der Waals surface area contributed by atoms with Crippen molar-refractivity contribution in [2.75, 3.05) is 0 Å². The molecule has 0 saturated carbocycles. The van der Waals surface area contributed by atoms with E-state index >= 15 is 0 Å². The fourth-order valence-electron chi connectivity index (χ4n) is 2.71. The van der Waals surface area contributed by atoms with Gasteiger partial charge in [-0.05, 0) is 56.5 Å². The number of thioether (sulfide) groups is 1. The molecule has 1 heterocycles. The summed E-state index contributed by atoms with van der Waals surface area (Å²) >= 11 is 1.35. The van der Waals surface area contributed by atoms with Crippen LogP contribution in [0.2, 0.25) is 0 Å². The summed E-state index contributed by atoms with van der Waals surface area (Å²) in [5.41, 5.74) is 7.34. The molecule has 1 aromatic rings. The van der Waals surface area contributed by atoms with E-state index in [9.17, 15) is 14.0 Å². The van der Waals surface area contributed by atoms with Gasteiger partial charge in [0.05, 0.1) is 11.9 Å². The largest absolute Gasteiger partial charge is 0.366 e. The van der Waals surface area contributed by atoms with Gasteiger partial charge < -0.3 is 11.1 Å². The van der Waals surface area contributed by atoms with Crippen LogP contribution in [0, 0.1) is 0 Å². The molecular formula is C21H24FN3O2S. The second kappa shape index (κ2) is 9.01. The summed E-state index contributed by atoms with van der Waals surface area (Å²) in [6.45, 7) is 8.80. The topological polar surface area (TPSA) is 84.6 Å². The highest BCUT2D eigenvalue weighted by Crippen LogP contribution is 2.35. The van der Waals surface area contributed by atoms with Crippen molar-refractivity contribution in [1.82, 2.24) is 5.32 Å². The first-order valence-electron chi connectivity index (χ1n) is 8.78. The summed E-state index contributed by atoms with van der Waals surface area (Å²) < 4.78 is 12.2. The van der Waals surface area contributed by atoms with Crippen molar-refractivity contribution >= 4 is 28.7 Å². The number of nitrogens with one attached hydrogen (secondary N) is 1. The molecule has 1 aliphatic rings. The molecule has 0 radical (unpaired) electrons. The predicted octanol–water partition coefficient (Wildman–Crippen LogP) is 3.68. The lowest BCUT2D eigenvalue weighted by molar-refractivity contribution is -0.121. The number of primary amides is 1. The van der Waals surface area contributed by atoms with Crippen LogP contribution in [-0.4, -0.2) is 27.8 Å². The normalized spacial score (nSPS) is 22.9. The lowest BCUT2D eigenvalue weighted by Crippen LogP contribution is -2.35. The first-order valence-corrected chi connectivity index (χ1v) is 9.59. The van der Waals surface area contributed by atoms with Crippen LogP contribution in [-0.2, 0) is 11.2 Å². The summed E-state index contributed by atoms with van der Waals surface area (Å²) in [6.07, 6.45) is 5.07. The number of benzene rings is 1. The zero-order valence-electron chi connectivity index (χ0n) is 16.2. The van der Waals surface area contributed by atoms with Crippen molar-refractivity contribution in [1.29, 1.82) is 0 Å². The molecule has 1 fully saturated rings. The molecule has 0 aliphatic carbocycles. The lowest BCUT2D eigenvalue weighted by atomic mass is 9.98. The molecule has 0 aromatic heterocycles. The van der Waals surface area contributed by atoms with Crippen molar-refractivity contribution in [3.8, 4) is 0 Å². The van der Waals surface area contributed by atoms with E-state index in [-0.39, 0.29) is 17.8 Å². The minimum atomic E-state index is -0.722. The van der Waals surface area contributed by atoms with Crippen molar-refractivity contribution < 1.29 is 14.0 Å². The second-order valence-electron chi connectivity index (χ2n) is 6.76. The van der Waals surface area contributed by atoms with Crippen LogP contribution in [0.5, 0.6) is 0 Å². The number of nitrogens with zero attached hydrogens (tertiary/aromatic N) is 1. The smallest absolute Gasteiger partial charge is 0.248 e. The highest BCUT2D eigenvalue weighted by Gasteiger charge is 2.42. The highest BCUT2D eigenvalue weighted by atomic mass is 32.2. The maximum Gasteiger partial charge on any atom is 0.248 e. The molecule has 7 heteroatoms. The summed E-state index contributed by atoms with van der Waals surface area (Å²) in [5, 5.41) is 3.33. The molecule has 0 bridgehead atoms. The third-order valence-corrected chi connectivity index (χ3v) is 5.52. The molecule has 0 spiro atoms. The molecule has 2 amide bonds. The Morgan fingerprint density at radius 2 is 2.04 bits per heavy atom. The number of allylic oxidation sites excluding steroid dienone is 3. The minimum absolute atomic E-state index is 0.133. The number of aliphatic imine (C=N–C) groups is 1. The molecule has 2 atom stereocenters. The summed E-state index contributed by atoms with van der Waals surface area (Å²) in [5.74, 6) is -0.929. The molecule has 1 unspecified atom stereocenters. The maximum absolute atomic E-state index is 13.0. The van der Waals surface area contributed by atoms with E-state index in [4.69, 9.17) is 5.73 Å². The Morgan fingerprint density at radius 3 is 2.57 bits per heavy atom. The number of amidine groups is 1. The van der Waals surface area contributed by atoms with Crippen LogP contribution in [0.15, 0.2) is 65.5 Å². The summed E-state index contributed by atoms with van der Waals surface area (Å²) in [7, 11) is 0. The molecule has 148 valence electrons. The summed E-state index contributed by atoms with van der Waals surface area (Å²) in [6, 6.07) is 6.60. The molecule has 1 aromatic carbocycles. The number of rotatable bonds is 7. The molecule has 3 N–H and O–H groups in total. The maximum atomic E-state index is 13.0. The minimum Gasteiger partial charge on any atom is -0.366 e. The number of halogens is 1. The van der Waals surface area contributed by atoms with Crippen LogP contribution in [0.25, 0.3) is 0 Å². The lowest BCUT2D eigenvalue weighted by Gasteiger charge is -2.18. The molecule has 2 rings (SSSR count). The van der Waals surface area contributed by atoms with Gasteiger partial charge in [-0.25, -0.2) is 4.39 Å². The number of carbonyl (C=O) groups is 2. The third-order valence-electron chi connectivity index (χ3n) is 4.34. The van der Waals surface area contributed by atoms with Crippen LogP contribution >= 0.6 is 11.8 Å². The second-order valence-corrected chi connectivity index (χ2v) is 8.25. The van der Waals surface area contributed by atoms with Crippen LogP contribution in [0.3, 0.4) is 0 Å². The van der Waals surface area contributed by atoms with E-state index in [0.717, 1.165) is 11.1 Å². The average Bonchev–Trinajstić information content (AvgIpc) is 2.88. The van der Waals surface area contributed by atoms with Crippen LogP contribution < -0.4 is 11.1 Å². The zero-order valence-corrected chi connectivity index (χ0v) is 17.0. The average molecular weight is 402 g/mol. The quantitative estimate of drug-likeness (QED) is 0.684. The van der Waals surface area contributed by atoms with Gasteiger partial charge in [-0.15, -0.1) is 0 Å². The van der Waals surface area contributed by atoms with E-state index in [1.807, 2.05) is 13.8 Å². The third kappa shape index (κ3) is 5.42. The number of nitrogens with two attached hydrogens (primary N) is 1. The predicted molar refractivity (Wildman–Crippen MR) is 113 cm³/mol. The SMILES string of the molecule is C=C/C(=C\C=C(/C)F)[C@H](C)N=C1NC(=O)C(C)(Cc2ccc(C(N)=O)cc2)S1. The van der Waals surface area contributed by atoms with Gasteiger partial charge in [-0.1, -0.05) is 42.6 Å². The Balaban J connectivity index is 2.15. The number of amides is 2. The molecule has 1 saturated heterocycles. The van der Waals surface area contributed by atoms with Gasteiger partial charge in [-0.2, -0.15) is 0 Å². The Hall–Kier alpha value is -2.67. The van der Waals surface area contributed by atoms with E-state index in [1.54, 1.807) is 36.4 Å². The van der Waals surface area contributed by atoms with Crippen LogP contribution in [0.1, 0.15) is 36.7 Å². The fourth-order valence-corrected chi connectivity index (χ4v) is 3.87. The van der Waals surface area contributed by atoms with Gasteiger partial charge in [0.25, 0.3) is 0 Å². The monoisotopic (exact) mass is 401 g/mol. The van der Waals surface area contributed by atoms with Gasteiger partial charge >= 0.3 is 0 Å². The Labute approximate surface area is 168 Å². The Morgan fingerprint density at radius 1 is 1.39 bits per heavy atom. The van der Waals surface area contributed by atoms with Gasteiger partial charge in [0.2, 0.25) is 11.8 Å². The first kappa shape index (κ1) is 21.6. The molecule has 5 nitrogen and oxygen atoms in total. The zero-order chi connectivity index (χ0) is 20.9. The van der Waals surface area contributed by atoms with Crippen molar-refractivity contribution in [2.24, 2.45) is 10.7 Å². The van der Waals surface area contributed by atoms with Crippen molar-refractivity contribution in [3.63, 3.8) is 0 Å². The van der Waals surface area contributed by atoms with E-state index in [0.29, 0.717) is 17.2 Å². The Kier molecular flexibility index (Phi) is 6.96. The van der Waals surface area contributed by atoms with Gasteiger partial charge in [0.1, 0.15) is 4.75 Å². The van der Waals surface area contributed by atoms with E-state index in [1.165, 1.54) is 24.8 Å². The van der Waals surface area contributed by atoms with Gasteiger partial charge in [0.15, 0.2) is 5.17 Å². The number of hydrogen-bond acceptors (Lipinski definition) is 4. The highest BCUT2D eigenvalue weighted by molar-refractivity contribution is 8.16. The molecule has 28 heavy (non-hydrogen) atoms. The molecule has 1 aliphatic heterocycles. The van der Waals surface area contributed by atoms with E-state index in [2.05, 4.69) is 16.9 Å². The number of hydrogen-bond donors (Lipinski definition) is 2.